The maximum absolute atomic E-state index is 13.4. The zero-order chi connectivity index (χ0) is 26.3. The van der Waals surface area contributed by atoms with Crippen molar-refractivity contribution in [1.82, 2.24) is 5.32 Å². The summed E-state index contributed by atoms with van der Waals surface area (Å²) in [6.07, 6.45) is 0. The van der Waals surface area contributed by atoms with Crippen LogP contribution in [0.2, 0.25) is 0 Å². The summed E-state index contributed by atoms with van der Waals surface area (Å²) in [6.45, 7) is 8.32. The highest BCUT2D eigenvalue weighted by atomic mass is 32.2. The third kappa shape index (κ3) is 6.73. The topological polar surface area (TPSA) is 104 Å². The summed E-state index contributed by atoms with van der Waals surface area (Å²) in [5.41, 5.74) is 1.96. The van der Waals surface area contributed by atoms with E-state index in [9.17, 15) is 18.0 Å². The van der Waals surface area contributed by atoms with E-state index < -0.39 is 15.7 Å². The minimum Gasteiger partial charge on any atom is -0.375 e. The molecule has 0 aliphatic carbocycles. The van der Waals surface area contributed by atoms with Crippen molar-refractivity contribution in [3.05, 3.63) is 83.9 Å². The van der Waals surface area contributed by atoms with Crippen molar-refractivity contribution >= 4 is 33.0 Å². The second kappa shape index (κ2) is 11.9. The minimum atomic E-state index is -3.81. The van der Waals surface area contributed by atoms with Crippen LogP contribution in [0.5, 0.6) is 0 Å². The van der Waals surface area contributed by atoms with Crippen molar-refractivity contribution in [2.45, 2.75) is 43.4 Å². The zero-order valence-corrected chi connectivity index (χ0v) is 21.9. The number of nitrogens with one attached hydrogen (secondary N) is 3. The van der Waals surface area contributed by atoms with Crippen LogP contribution in [-0.2, 0) is 14.6 Å². The molecule has 0 spiro atoms. The van der Waals surface area contributed by atoms with E-state index >= 15 is 0 Å². The van der Waals surface area contributed by atoms with Gasteiger partial charge in [-0.05, 0) is 53.8 Å². The number of anilines is 2. The average molecular weight is 508 g/mol. The summed E-state index contributed by atoms with van der Waals surface area (Å²) in [7, 11) is -3.81. The summed E-state index contributed by atoms with van der Waals surface area (Å²) in [5.74, 6) is -0.253. The molecular weight excluding hydrogens is 474 g/mol. The molecule has 0 bridgehead atoms. The van der Waals surface area contributed by atoms with Crippen molar-refractivity contribution < 1.29 is 18.0 Å². The molecule has 8 heteroatoms. The van der Waals surface area contributed by atoms with Gasteiger partial charge in [0.1, 0.15) is 0 Å². The van der Waals surface area contributed by atoms with E-state index in [-0.39, 0.29) is 28.2 Å². The Kier molecular flexibility index (Phi) is 8.88. The number of sulfone groups is 1. The van der Waals surface area contributed by atoms with Crippen LogP contribution in [-0.4, -0.2) is 33.3 Å². The van der Waals surface area contributed by atoms with E-state index in [2.05, 4.69) is 16.0 Å². The van der Waals surface area contributed by atoms with Crippen molar-refractivity contribution in [2.24, 2.45) is 5.92 Å². The summed E-state index contributed by atoms with van der Waals surface area (Å²) in [5, 5.41) is 8.58. The fourth-order valence-electron chi connectivity index (χ4n) is 3.55. The summed E-state index contributed by atoms with van der Waals surface area (Å²) < 4.78 is 26.8. The largest absolute Gasteiger partial charge is 0.375 e. The molecule has 3 N–H and O–H groups in total. The number of benzene rings is 3. The van der Waals surface area contributed by atoms with Gasteiger partial charge in [0.05, 0.1) is 33.3 Å². The molecule has 190 valence electrons. The molecule has 3 aromatic rings. The van der Waals surface area contributed by atoms with E-state index in [4.69, 9.17) is 0 Å². The lowest BCUT2D eigenvalue weighted by Crippen LogP contribution is -2.29. The number of carbonyl (C=O) groups is 2. The Labute approximate surface area is 213 Å². The number of hydrogen-bond donors (Lipinski definition) is 3. The zero-order valence-electron chi connectivity index (χ0n) is 21.0. The molecule has 0 radical (unpaired) electrons. The number of rotatable bonds is 10. The van der Waals surface area contributed by atoms with Gasteiger partial charge in [-0.2, -0.15) is 0 Å². The normalized spacial score (nSPS) is 11.4. The van der Waals surface area contributed by atoms with E-state index in [0.717, 1.165) is 5.56 Å². The second-order valence-corrected chi connectivity index (χ2v) is 11.2. The molecule has 0 unspecified atom stereocenters. The molecule has 0 aromatic heterocycles. The first-order chi connectivity index (χ1) is 17.1. The number of carbonyl (C=O) groups excluding carboxylic acids is 2. The summed E-state index contributed by atoms with van der Waals surface area (Å²) in [6, 6.07) is 20.2. The maximum atomic E-state index is 13.4. The molecule has 7 nitrogen and oxygen atoms in total. The molecule has 0 heterocycles. The van der Waals surface area contributed by atoms with Crippen LogP contribution in [0.3, 0.4) is 0 Å². The first kappa shape index (κ1) is 26.9. The Morgan fingerprint density at radius 3 is 2.17 bits per heavy atom. The van der Waals surface area contributed by atoms with Crippen LogP contribution in [0.25, 0.3) is 0 Å². The van der Waals surface area contributed by atoms with Crippen LogP contribution >= 0.6 is 0 Å². The Morgan fingerprint density at radius 2 is 1.50 bits per heavy atom. The number of amides is 2. The van der Waals surface area contributed by atoms with E-state index in [0.29, 0.717) is 29.4 Å². The molecule has 2 amide bonds. The lowest BCUT2D eigenvalue weighted by Gasteiger charge is -2.16. The van der Waals surface area contributed by atoms with Gasteiger partial charge in [-0.1, -0.05) is 64.1 Å². The van der Waals surface area contributed by atoms with Crippen molar-refractivity contribution in [2.75, 3.05) is 23.7 Å². The first-order valence-electron chi connectivity index (χ1n) is 11.9. The fraction of sp³-hybridized carbons (Fsp3) is 0.286. The van der Waals surface area contributed by atoms with Crippen molar-refractivity contribution in [1.29, 1.82) is 0 Å². The standard InChI is InChI=1S/C28H33N3O4S/c1-19(2)17-30-28(33)23-12-8-9-13-24(23)31-27(32)18-29-25-15-14-21(20(3)4)16-26(25)36(34,35)22-10-6-5-7-11-22/h5-16,19-20,29H,17-18H2,1-4H3,(H,30,33)(H,31,32). The number of para-hydroxylation sites is 1. The first-order valence-corrected chi connectivity index (χ1v) is 13.4. The van der Waals surface area contributed by atoms with E-state index in [1.165, 1.54) is 0 Å². The molecule has 0 fully saturated rings. The fourth-order valence-corrected chi connectivity index (χ4v) is 5.04. The van der Waals surface area contributed by atoms with Crippen LogP contribution in [0.15, 0.2) is 82.6 Å². The van der Waals surface area contributed by atoms with Crippen LogP contribution in [0, 0.1) is 5.92 Å². The maximum Gasteiger partial charge on any atom is 0.253 e. The van der Waals surface area contributed by atoms with Gasteiger partial charge >= 0.3 is 0 Å². The third-order valence-corrected chi connectivity index (χ3v) is 7.38. The van der Waals surface area contributed by atoms with Gasteiger partial charge in [-0.15, -0.1) is 0 Å². The van der Waals surface area contributed by atoms with Gasteiger partial charge in [0.15, 0.2) is 0 Å². The summed E-state index contributed by atoms with van der Waals surface area (Å²) >= 11 is 0. The Bertz CT molecular complexity index is 1320. The lowest BCUT2D eigenvalue weighted by atomic mass is 10.0. The highest BCUT2D eigenvalue weighted by Gasteiger charge is 2.23. The smallest absolute Gasteiger partial charge is 0.253 e. The van der Waals surface area contributed by atoms with Crippen molar-refractivity contribution in [3.8, 4) is 0 Å². The van der Waals surface area contributed by atoms with Gasteiger partial charge in [-0.3, -0.25) is 9.59 Å². The molecule has 0 atom stereocenters. The predicted octanol–water partition coefficient (Wildman–Crippen LogP) is 5.08. The third-order valence-electron chi connectivity index (χ3n) is 5.57. The Balaban J connectivity index is 1.81. The molecule has 0 aliphatic heterocycles. The Hall–Kier alpha value is -3.65. The van der Waals surface area contributed by atoms with Crippen LogP contribution in [0.4, 0.5) is 11.4 Å². The summed E-state index contributed by atoms with van der Waals surface area (Å²) in [4.78, 5) is 25.6. The van der Waals surface area contributed by atoms with Crippen LogP contribution < -0.4 is 16.0 Å². The van der Waals surface area contributed by atoms with Gasteiger partial charge in [0.25, 0.3) is 5.91 Å². The Morgan fingerprint density at radius 1 is 0.833 bits per heavy atom. The highest BCUT2D eigenvalue weighted by molar-refractivity contribution is 7.91. The lowest BCUT2D eigenvalue weighted by molar-refractivity contribution is -0.114. The van der Waals surface area contributed by atoms with Gasteiger partial charge in [-0.25, -0.2) is 8.42 Å². The minimum absolute atomic E-state index is 0.112. The molecule has 0 saturated heterocycles. The molecule has 3 aromatic carbocycles. The van der Waals surface area contributed by atoms with Crippen LogP contribution in [0.1, 0.15) is 49.5 Å². The number of hydrogen-bond acceptors (Lipinski definition) is 5. The quantitative estimate of drug-likeness (QED) is 0.355. The van der Waals surface area contributed by atoms with Crippen molar-refractivity contribution in [3.63, 3.8) is 0 Å². The monoisotopic (exact) mass is 507 g/mol. The van der Waals surface area contributed by atoms with E-state index in [1.54, 1.807) is 66.7 Å². The molecule has 0 aliphatic rings. The second-order valence-electron chi connectivity index (χ2n) is 9.28. The highest BCUT2D eigenvalue weighted by Crippen LogP contribution is 2.31. The molecule has 0 saturated carbocycles. The molecule has 36 heavy (non-hydrogen) atoms. The van der Waals surface area contributed by atoms with E-state index in [1.807, 2.05) is 33.8 Å². The van der Waals surface area contributed by atoms with Gasteiger partial charge in [0.2, 0.25) is 15.7 Å². The average Bonchev–Trinajstić information content (AvgIpc) is 2.86. The SMILES string of the molecule is CC(C)CNC(=O)c1ccccc1NC(=O)CNc1ccc(C(C)C)cc1S(=O)(=O)c1ccccc1. The molecular formula is C28H33N3O4S. The van der Waals surface area contributed by atoms with Gasteiger partial charge < -0.3 is 16.0 Å². The molecule has 3 rings (SSSR count). The van der Waals surface area contributed by atoms with Gasteiger partial charge in [0, 0.05) is 6.54 Å². The predicted molar refractivity (Wildman–Crippen MR) is 143 cm³/mol.